The van der Waals surface area contributed by atoms with Crippen LogP contribution in [0.2, 0.25) is 3.43 Å². The molecule has 2 aliphatic heterocycles. The maximum atomic E-state index is 15.8. The molecule has 1 aromatic rings. The van der Waals surface area contributed by atoms with Crippen LogP contribution in [0.1, 0.15) is 119 Å². The zero-order valence-corrected chi connectivity index (χ0v) is 27.8. The summed E-state index contributed by atoms with van der Waals surface area (Å²) in [5.41, 5.74) is -0.585. The third kappa shape index (κ3) is 7.97. The van der Waals surface area contributed by atoms with Gasteiger partial charge in [-0.05, 0) is 20.8 Å². The number of alkyl halides is 1. The Morgan fingerprint density at radius 3 is 2.16 bits per heavy atom. The summed E-state index contributed by atoms with van der Waals surface area (Å²) in [5.74, 6) is 0.729. The number of carbonyl (C=O) groups excluding carboxylic acids is 1. The predicted octanol–water partition coefficient (Wildman–Crippen LogP) is 6.85. The van der Waals surface area contributed by atoms with Crippen molar-refractivity contribution in [3.63, 3.8) is 0 Å². The number of nitrogens with zero attached hydrogens (tertiary/aromatic N) is 4. The van der Waals surface area contributed by atoms with Crippen LogP contribution in [0.4, 0.5) is 15.0 Å². The van der Waals surface area contributed by atoms with Crippen molar-refractivity contribution < 1.29 is 13.9 Å². The first-order valence-electron chi connectivity index (χ1n) is 15.0. The van der Waals surface area contributed by atoms with Crippen molar-refractivity contribution in [2.45, 2.75) is 152 Å². The van der Waals surface area contributed by atoms with E-state index in [0.29, 0.717) is 16.3 Å². The number of fused-ring (bicyclic) bond motifs is 2. The Hall–Kier alpha value is -1.12. The minimum absolute atomic E-state index is 0.00640. The quantitative estimate of drug-likeness (QED) is 0.222. The monoisotopic (exact) mass is 638 g/mol. The second kappa shape index (κ2) is 14.0. The molecular weight excluding hydrogens is 586 g/mol. The van der Waals surface area contributed by atoms with Crippen LogP contribution in [0.25, 0.3) is 0 Å². The molecule has 2 fully saturated rings. The van der Waals surface area contributed by atoms with Crippen LogP contribution < -0.4 is 8.61 Å². The Morgan fingerprint density at radius 1 is 1.05 bits per heavy atom. The zero-order valence-electron chi connectivity index (χ0n) is 24.9. The molecule has 0 aromatic carbocycles. The van der Waals surface area contributed by atoms with Crippen molar-refractivity contribution in [3.8, 4) is 0 Å². The van der Waals surface area contributed by atoms with Crippen LogP contribution >= 0.6 is 0 Å². The molecule has 2 radical (unpaired) electrons. The van der Waals surface area contributed by atoms with E-state index in [4.69, 9.17) is 9.84 Å². The fourth-order valence-corrected chi connectivity index (χ4v) is 11.1. The van der Waals surface area contributed by atoms with Gasteiger partial charge >= 0.3 is 221 Å². The van der Waals surface area contributed by atoms with E-state index in [1.807, 2.05) is 32.7 Å². The van der Waals surface area contributed by atoms with E-state index in [1.54, 1.807) is 4.90 Å². The zero-order chi connectivity index (χ0) is 27.9. The normalized spacial score (nSPS) is 23.5. The van der Waals surface area contributed by atoms with Gasteiger partial charge in [0.2, 0.25) is 0 Å². The Balaban J connectivity index is 1.71. The molecule has 8 heteroatoms. The van der Waals surface area contributed by atoms with Gasteiger partial charge in [0.25, 0.3) is 0 Å². The van der Waals surface area contributed by atoms with Crippen LogP contribution in [-0.4, -0.2) is 79.3 Å². The number of anilines is 1. The summed E-state index contributed by atoms with van der Waals surface area (Å²) in [4.78, 5) is 16.5. The van der Waals surface area contributed by atoms with Crippen molar-refractivity contribution in [1.29, 1.82) is 0 Å². The SMILES string of the molecule is CCCC[C](CCCC)(CCCC)[Sn][c]1ccc(N(C)[C@H]2C[C@@H]3CC[C@H]([C@H]2F)N3C(=O)OC(C)(C)C)nn1. The molecule has 2 bridgehead atoms. The second-order valence-electron chi connectivity index (χ2n) is 12.5. The number of hydrogen-bond acceptors (Lipinski definition) is 5. The molecule has 0 aliphatic carbocycles. The predicted molar refractivity (Wildman–Crippen MR) is 155 cm³/mol. The number of halogens is 1. The number of ether oxygens (including phenoxy) is 1. The van der Waals surface area contributed by atoms with Gasteiger partial charge in [-0.3, -0.25) is 0 Å². The second-order valence-corrected chi connectivity index (χ2v) is 17.7. The number of rotatable bonds is 13. The van der Waals surface area contributed by atoms with E-state index in [2.05, 4.69) is 38.0 Å². The molecule has 0 N–H and O–H groups in total. The van der Waals surface area contributed by atoms with Gasteiger partial charge in [-0.1, -0.05) is 0 Å². The Labute approximate surface area is 241 Å². The van der Waals surface area contributed by atoms with E-state index < -0.39 is 39.0 Å². The summed E-state index contributed by atoms with van der Waals surface area (Å²) in [6, 6.07) is 3.49. The van der Waals surface area contributed by atoms with E-state index in [1.165, 1.54) is 61.5 Å². The van der Waals surface area contributed by atoms with Crippen molar-refractivity contribution in [1.82, 2.24) is 15.1 Å². The van der Waals surface area contributed by atoms with Gasteiger partial charge in [-0.2, -0.15) is 0 Å². The topological polar surface area (TPSA) is 58.6 Å². The van der Waals surface area contributed by atoms with E-state index in [0.717, 1.165) is 12.2 Å². The van der Waals surface area contributed by atoms with Crippen molar-refractivity contribution >= 4 is 36.8 Å². The number of unbranched alkanes of at least 4 members (excludes halogenated alkanes) is 3. The van der Waals surface area contributed by atoms with Gasteiger partial charge in [0.05, 0.1) is 0 Å². The molecule has 0 saturated carbocycles. The van der Waals surface area contributed by atoms with Gasteiger partial charge in [0.1, 0.15) is 0 Å². The molecule has 1 amide bonds. The molecule has 2 saturated heterocycles. The summed E-state index contributed by atoms with van der Waals surface area (Å²) in [7, 11) is 1.93. The van der Waals surface area contributed by atoms with E-state index >= 15 is 4.39 Å². The fourth-order valence-electron chi connectivity index (χ4n) is 6.22. The van der Waals surface area contributed by atoms with Gasteiger partial charge < -0.3 is 0 Å². The molecule has 1 aromatic heterocycles. The maximum absolute atomic E-state index is 15.8. The summed E-state index contributed by atoms with van der Waals surface area (Å²) >= 11 is -0.952. The van der Waals surface area contributed by atoms with Gasteiger partial charge in [0.15, 0.2) is 0 Å². The molecule has 214 valence electrons. The minimum atomic E-state index is -1.14. The van der Waals surface area contributed by atoms with Crippen LogP contribution in [0, 0.1) is 0 Å². The van der Waals surface area contributed by atoms with Crippen LogP contribution in [0.15, 0.2) is 12.1 Å². The van der Waals surface area contributed by atoms with Crippen molar-refractivity contribution in [2.75, 3.05) is 11.9 Å². The third-order valence-corrected chi connectivity index (χ3v) is 13.5. The fraction of sp³-hybridized carbons (Fsp3) is 0.833. The number of aromatic nitrogens is 2. The van der Waals surface area contributed by atoms with Crippen molar-refractivity contribution in [3.05, 3.63) is 12.1 Å². The number of amides is 1. The van der Waals surface area contributed by atoms with Crippen LogP contribution in [0.5, 0.6) is 0 Å². The third-order valence-electron chi connectivity index (χ3n) is 8.33. The number of carbonyl (C=O) groups is 1. The first-order chi connectivity index (χ1) is 18.0. The Morgan fingerprint density at radius 2 is 1.66 bits per heavy atom. The van der Waals surface area contributed by atoms with Gasteiger partial charge in [0, 0.05) is 0 Å². The number of hydrogen-bond donors (Lipinski definition) is 0. The summed E-state index contributed by atoms with van der Waals surface area (Å²) < 4.78 is 23.1. The standard InChI is InChI=1S/C17H24FN4O2.C13H27.Sn/c1-17(2,3)24-16(23)22-11-7-8-12(22)15(18)13(10-11)21(4)14-6-5-9-19-20-14;1-4-7-10-13(11-8-5-2)12-9-6-3;/h5-6,11-13,15H,7-8,10H2,1-4H3;4-12H2,1-3H3;/t11-,12+,13-,15+;;/m0../s1. The van der Waals surface area contributed by atoms with Crippen molar-refractivity contribution in [2.24, 2.45) is 0 Å². The first-order valence-corrected chi connectivity index (χ1v) is 17.9. The molecule has 2 aliphatic rings. The number of piperidine rings is 1. The summed E-state index contributed by atoms with van der Waals surface area (Å²) in [6.07, 6.45) is 12.1. The molecule has 3 rings (SSSR count). The molecule has 0 unspecified atom stereocenters. The Kier molecular flexibility index (Phi) is 11.6. The van der Waals surface area contributed by atoms with Crippen LogP contribution in [-0.2, 0) is 4.74 Å². The first kappa shape index (κ1) is 31.4. The molecule has 0 spiro atoms. The van der Waals surface area contributed by atoms with Gasteiger partial charge in [-0.25, -0.2) is 0 Å². The molecule has 3 heterocycles. The van der Waals surface area contributed by atoms with E-state index in [9.17, 15) is 4.79 Å². The molecule has 4 atom stereocenters. The molecular formula is C30H51FN4O2Sn. The average Bonchev–Trinajstić information content (AvgIpc) is 3.23. The Bertz CT molecular complexity index is 856. The average molecular weight is 637 g/mol. The molecule has 38 heavy (non-hydrogen) atoms. The van der Waals surface area contributed by atoms with Gasteiger partial charge in [-0.15, -0.1) is 0 Å². The summed E-state index contributed by atoms with van der Waals surface area (Å²) in [5, 5.41) is 9.38. The molecule has 6 nitrogen and oxygen atoms in total. The van der Waals surface area contributed by atoms with Crippen LogP contribution in [0.3, 0.4) is 0 Å². The van der Waals surface area contributed by atoms with E-state index in [-0.39, 0.29) is 18.2 Å². The summed E-state index contributed by atoms with van der Waals surface area (Å²) in [6.45, 7) is 12.4.